The van der Waals surface area contributed by atoms with Crippen molar-refractivity contribution in [1.29, 1.82) is 0 Å². The summed E-state index contributed by atoms with van der Waals surface area (Å²) in [6.45, 7) is 0.702. The molecule has 0 aliphatic heterocycles. The van der Waals surface area contributed by atoms with Crippen molar-refractivity contribution in [2.75, 3.05) is 0 Å². The fourth-order valence-corrected chi connectivity index (χ4v) is 2.29. The van der Waals surface area contributed by atoms with Crippen molar-refractivity contribution in [2.24, 2.45) is 0 Å². The smallest absolute Gasteiger partial charge is 0.123 e. The largest absolute Gasteiger partial charge is 0.306 e. The first-order valence-electron chi connectivity index (χ1n) is 5.59. The van der Waals surface area contributed by atoms with Crippen LogP contribution in [0, 0.1) is 5.82 Å². The summed E-state index contributed by atoms with van der Waals surface area (Å²) in [6, 6.07) is 5.23. The Morgan fingerprint density at radius 3 is 3.06 bits per heavy atom. The summed E-state index contributed by atoms with van der Waals surface area (Å²) in [5, 5.41) is 3.42. The predicted molar refractivity (Wildman–Crippen MR) is 67.7 cm³/mol. The predicted octanol–water partition coefficient (Wildman–Crippen LogP) is 3.79. The molecule has 1 aromatic carbocycles. The molecule has 1 nitrogen and oxygen atoms in total. The van der Waals surface area contributed by atoms with Crippen LogP contribution in [0.25, 0.3) is 0 Å². The number of hydrogen-bond donors (Lipinski definition) is 1. The van der Waals surface area contributed by atoms with Gasteiger partial charge < -0.3 is 5.32 Å². The van der Waals surface area contributed by atoms with Crippen molar-refractivity contribution in [3.05, 3.63) is 46.2 Å². The van der Waals surface area contributed by atoms with E-state index in [2.05, 4.69) is 33.4 Å². The summed E-state index contributed by atoms with van der Waals surface area (Å²) in [5.41, 5.74) is 0.971. The quantitative estimate of drug-likeness (QED) is 0.833. The van der Waals surface area contributed by atoms with Gasteiger partial charge in [0.05, 0.1) is 0 Å². The third kappa shape index (κ3) is 3.16. The molecule has 1 aliphatic carbocycles. The van der Waals surface area contributed by atoms with Crippen LogP contribution >= 0.6 is 15.9 Å². The highest BCUT2D eigenvalue weighted by molar-refractivity contribution is 9.10. The van der Waals surface area contributed by atoms with Crippen LogP contribution in [-0.4, -0.2) is 6.04 Å². The molecule has 0 heterocycles. The van der Waals surface area contributed by atoms with Crippen LogP contribution in [0.3, 0.4) is 0 Å². The molecule has 0 radical (unpaired) electrons. The van der Waals surface area contributed by atoms with Crippen molar-refractivity contribution in [3.63, 3.8) is 0 Å². The van der Waals surface area contributed by atoms with Gasteiger partial charge in [0.1, 0.15) is 5.82 Å². The van der Waals surface area contributed by atoms with Gasteiger partial charge in [-0.25, -0.2) is 4.39 Å². The van der Waals surface area contributed by atoms with Crippen LogP contribution in [0.2, 0.25) is 0 Å². The SMILES string of the molecule is Fc1ccc(Br)c(CNC2C=CCCC2)c1. The third-order valence-electron chi connectivity index (χ3n) is 2.82. The molecule has 1 atom stereocenters. The minimum atomic E-state index is -0.181. The summed E-state index contributed by atoms with van der Waals surface area (Å²) in [6.07, 6.45) is 8.00. The van der Waals surface area contributed by atoms with Crippen molar-refractivity contribution in [1.82, 2.24) is 5.32 Å². The molecule has 0 spiro atoms. The molecular formula is C13H15BrFN. The van der Waals surface area contributed by atoms with E-state index in [0.717, 1.165) is 10.0 Å². The van der Waals surface area contributed by atoms with Crippen LogP contribution in [0.4, 0.5) is 4.39 Å². The van der Waals surface area contributed by atoms with Crippen molar-refractivity contribution in [2.45, 2.75) is 31.8 Å². The van der Waals surface area contributed by atoms with Gasteiger partial charge in [0.25, 0.3) is 0 Å². The average molecular weight is 284 g/mol. The summed E-state index contributed by atoms with van der Waals surface area (Å²) >= 11 is 3.43. The molecule has 0 bridgehead atoms. The molecule has 86 valence electrons. The Bertz CT molecular complexity index is 390. The van der Waals surface area contributed by atoms with Crippen molar-refractivity contribution < 1.29 is 4.39 Å². The van der Waals surface area contributed by atoms with Gasteiger partial charge in [-0.2, -0.15) is 0 Å². The van der Waals surface area contributed by atoms with E-state index < -0.39 is 0 Å². The van der Waals surface area contributed by atoms with Crippen LogP contribution in [0.15, 0.2) is 34.8 Å². The maximum atomic E-state index is 13.1. The number of rotatable bonds is 3. The van der Waals surface area contributed by atoms with Gasteiger partial charge in [-0.05, 0) is 43.0 Å². The minimum absolute atomic E-state index is 0.181. The van der Waals surface area contributed by atoms with E-state index in [-0.39, 0.29) is 5.82 Å². The van der Waals surface area contributed by atoms with Gasteiger partial charge in [-0.15, -0.1) is 0 Å². The molecule has 1 aromatic rings. The van der Waals surface area contributed by atoms with Gasteiger partial charge in [0.2, 0.25) is 0 Å². The number of halogens is 2. The number of benzene rings is 1. The van der Waals surface area contributed by atoms with E-state index in [1.807, 2.05) is 0 Å². The fraction of sp³-hybridized carbons (Fsp3) is 0.385. The van der Waals surface area contributed by atoms with Crippen LogP contribution in [0.1, 0.15) is 24.8 Å². The zero-order valence-electron chi connectivity index (χ0n) is 9.05. The highest BCUT2D eigenvalue weighted by Crippen LogP contribution is 2.18. The summed E-state index contributed by atoms with van der Waals surface area (Å²) in [5.74, 6) is -0.181. The molecule has 0 amide bonds. The van der Waals surface area contributed by atoms with Gasteiger partial charge in [0, 0.05) is 17.1 Å². The van der Waals surface area contributed by atoms with Gasteiger partial charge in [0.15, 0.2) is 0 Å². The molecule has 1 unspecified atom stereocenters. The number of nitrogens with one attached hydrogen (secondary N) is 1. The van der Waals surface area contributed by atoms with E-state index in [9.17, 15) is 4.39 Å². The lowest BCUT2D eigenvalue weighted by molar-refractivity contribution is 0.520. The Hall–Kier alpha value is -0.670. The number of allylic oxidation sites excluding steroid dienone is 1. The van der Waals surface area contributed by atoms with Crippen LogP contribution < -0.4 is 5.32 Å². The molecule has 0 saturated heterocycles. The molecule has 1 N–H and O–H groups in total. The van der Waals surface area contributed by atoms with Crippen LogP contribution in [0.5, 0.6) is 0 Å². The second-order valence-electron chi connectivity index (χ2n) is 4.08. The Balaban J connectivity index is 1.95. The van der Waals surface area contributed by atoms with Crippen molar-refractivity contribution in [3.8, 4) is 0 Å². The first-order valence-corrected chi connectivity index (χ1v) is 6.39. The first kappa shape index (κ1) is 11.8. The Labute approximate surface area is 104 Å². The third-order valence-corrected chi connectivity index (χ3v) is 3.59. The number of hydrogen-bond acceptors (Lipinski definition) is 1. The van der Waals surface area contributed by atoms with E-state index in [4.69, 9.17) is 0 Å². The maximum Gasteiger partial charge on any atom is 0.123 e. The highest BCUT2D eigenvalue weighted by atomic mass is 79.9. The maximum absolute atomic E-state index is 13.1. The molecule has 0 aromatic heterocycles. The Morgan fingerprint density at radius 2 is 2.31 bits per heavy atom. The van der Waals surface area contributed by atoms with E-state index in [1.165, 1.54) is 25.3 Å². The van der Waals surface area contributed by atoms with Gasteiger partial charge in [-0.3, -0.25) is 0 Å². The zero-order chi connectivity index (χ0) is 11.4. The van der Waals surface area contributed by atoms with Gasteiger partial charge in [-0.1, -0.05) is 28.1 Å². The first-order chi connectivity index (χ1) is 7.75. The lowest BCUT2D eigenvalue weighted by atomic mass is 10.0. The molecule has 16 heavy (non-hydrogen) atoms. The Kier molecular flexibility index (Phi) is 4.13. The summed E-state index contributed by atoms with van der Waals surface area (Å²) in [7, 11) is 0. The minimum Gasteiger partial charge on any atom is -0.306 e. The standard InChI is InChI=1S/C13H15BrFN/c14-13-7-6-11(15)8-10(13)9-16-12-4-2-1-3-5-12/h2,4,6-8,12,16H,1,3,5,9H2. The van der Waals surface area contributed by atoms with E-state index >= 15 is 0 Å². The van der Waals surface area contributed by atoms with E-state index in [0.29, 0.717) is 12.6 Å². The second-order valence-corrected chi connectivity index (χ2v) is 4.94. The monoisotopic (exact) mass is 283 g/mol. The topological polar surface area (TPSA) is 12.0 Å². The molecule has 3 heteroatoms. The molecular weight excluding hydrogens is 269 g/mol. The lowest BCUT2D eigenvalue weighted by Gasteiger charge is -2.18. The Morgan fingerprint density at radius 1 is 1.44 bits per heavy atom. The fourth-order valence-electron chi connectivity index (χ4n) is 1.90. The van der Waals surface area contributed by atoms with Crippen molar-refractivity contribution >= 4 is 15.9 Å². The van der Waals surface area contributed by atoms with Crippen LogP contribution in [-0.2, 0) is 6.54 Å². The molecule has 0 saturated carbocycles. The van der Waals surface area contributed by atoms with E-state index in [1.54, 1.807) is 12.1 Å². The lowest BCUT2D eigenvalue weighted by Crippen LogP contribution is -2.28. The van der Waals surface area contributed by atoms with Gasteiger partial charge >= 0.3 is 0 Å². The zero-order valence-corrected chi connectivity index (χ0v) is 10.6. The highest BCUT2D eigenvalue weighted by Gasteiger charge is 2.08. The molecule has 1 aliphatic rings. The molecule has 0 fully saturated rings. The normalized spacial score (nSPS) is 20.0. The summed E-state index contributed by atoms with van der Waals surface area (Å²) in [4.78, 5) is 0. The average Bonchev–Trinajstić information content (AvgIpc) is 2.32. The summed E-state index contributed by atoms with van der Waals surface area (Å²) < 4.78 is 14.0. The molecule has 2 rings (SSSR count). The second kappa shape index (κ2) is 5.60.